The highest BCUT2D eigenvalue weighted by molar-refractivity contribution is 7.71. The van der Waals surface area contributed by atoms with Crippen molar-refractivity contribution in [3.63, 3.8) is 0 Å². The number of H-pyrrole nitrogens is 1. The quantitative estimate of drug-likeness (QED) is 0.827. The molecule has 0 fully saturated rings. The zero-order valence-corrected chi connectivity index (χ0v) is 10.7. The molecule has 0 atom stereocenters. The standard InChI is InChI=1S/C13H14N2OS/c1-3-10-6-4-5-9(2)12(10)15-8-7-11(16)14-13(15)17/h4-8H,3H2,1-2H3,(H,14,16,17). The number of benzene rings is 1. The number of hydrogen-bond acceptors (Lipinski definition) is 2. The highest BCUT2D eigenvalue weighted by Crippen LogP contribution is 2.19. The normalized spacial score (nSPS) is 10.5. The number of nitrogens with one attached hydrogen (secondary N) is 1. The summed E-state index contributed by atoms with van der Waals surface area (Å²) >= 11 is 5.20. The average molecular weight is 246 g/mol. The van der Waals surface area contributed by atoms with Crippen LogP contribution >= 0.6 is 12.2 Å². The van der Waals surface area contributed by atoms with Gasteiger partial charge in [0.25, 0.3) is 5.56 Å². The van der Waals surface area contributed by atoms with Crippen LogP contribution in [0.5, 0.6) is 0 Å². The van der Waals surface area contributed by atoms with E-state index in [1.165, 1.54) is 11.6 Å². The Hall–Kier alpha value is -1.68. The predicted octanol–water partition coefficient (Wildman–Crippen LogP) is 2.77. The molecule has 17 heavy (non-hydrogen) atoms. The summed E-state index contributed by atoms with van der Waals surface area (Å²) in [5, 5.41) is 0. The second kappa shape index (κ2) is 4.67. The van der Waals surface area contributed by atoms with Crippen molar-refractivity contribution in [1.29, 1.82) is 0 Å². The predicted molar refractivity (Wildman–Crippen MR) is 71.3 cm³/mol. The summed E-state index contributed by atoms with van der Waals surface area (Å²) in [6.45, 7) is 4.15. The van der Waals surface area contributed by atoms with Crippen LogP contribution in [0.25, 0.3) is 5.69 Å². The Morgan fingerprint density at radius 1 is 1.35 bits per heavy atom. The molecule has 2 rings (SSSR count). The molecule has 88 valence electrons. The van der Waals surface area contributed by atoms with Gasteiger partial charge in [-0.2, -0.15) is 0 Å². The molecular weight excluding hydrogens is 232 g/mol. The molecule has 1 heterocycles. The van der Waals surface area contributed by atoms with Crippen LogP contribution in [0.3, 0.4) is 0 Å². The van der Waals surface area contributed by atoms with Gasteiger partial charge in [-0.15, -0.1) is 0 Å². The van der Waals surface area contributed by atoms with Gasteiger partial charge in [0, 0.05) is 12.3 Å². The third-order valence-electron chi connectivity index (χ3n) is 2.77. The van der Waals surface area contributed by atoms with E-state index in [4.69, 9.17) is 12.2 Å². The minimum absolute atomic E-state index is 0.169. The first-order valence-corrected chi connectivity index (χ1v) is 5.95. The Balaban J connectivity index is 2.76. The number of para-hydroxylation sites is 1. The van der Waals surface area contributed by atoms with Gasteiger partial charge in [0.15, 0.2) is 4.77 Å². The molecule has 1 aromatic carbocycles. The van der Waals surface area contributed by atoms with Crippen LogP contribution in [0, 0.1) is 11.7 Å². The molecule has 0 unspecified atom stereocenters. The summed E-state index contributed by atoms with van der Waals surface area (Å²) in [5.74, 6) is 0. The largest absolute Gasteiger partial charge is 0.299 e. The molecule has 1 aromatic heterocycles. The van der Waals surface area contributed by atoms with Crippen molar-refractivity contribution >= 4 is 12.2 Å². The molecule has 0 aliphatic rings. The molecule has 0 radical (unpaired) electrons. The van der Waals surface area contributed by atoms with Crippen molar-refractivity contribution in [2.45, 2.75) is 20.3 Å². The molecule has 0 spiro atoms. The van der Waals surface area contributed by atoms with Crippen LogP contribution in [0.1, 0.15) is 18.1 Å². The van der Waals surface area contributed by atoms with Gasteiger partial charge in [0.1, 0.15) is 0 Å². The number of nitrogens with zero attached hydrogens (tertiary/aromatic N) is 1. The lowest BCUT2D eigenvalue weighted by molar-refractivity contribution is 0.908. The van der Waals surface area contributed by atoms with E-state index in [1.54, 1.807) is 6.20 Å². The maximum Gasteiger partial charge on any atom is 0.251 e. The Bertz CT molecular complexity index is 655. The van der Waals surface area contributed by atoms with Gasteiger partial charge in [0.05, 0.1) is 5.69 Å². The van der Waals surface area contributed by atoms with Gasteiger partial charge in [0.2, 0.25) is 0 Å². The van der Waals surface area contributed by atoms with Crippen LogP contribution in [0.4, 0.5) is 0 Å². The average Bonchev–Trinajstić information content (AvgIpc) is 2.30. The first kappa shape index (κ1) is 11.8. The van der Waals surface area contributed by atoms with E-state index in [0.29, 0.717) is 4.77 Å². The van der Waals surface area contributed by atoms with Gasteiger partial charge < -0.3 is 0 Å². The SMILES string of the molecule is CCc1cccc(C)c1-n1ccc(=O)[nH]c1=S. The second-order valence-electron chi connectivity index (χ2n) is 3.92. The molecule has 2 aromatic rings. The van der Waals surface area contributed by atoms with Crippen LogP contribution in [0.15, 0.2) is 35.3 Å². The number of aryl methyl sites for hydroxylation is 2. The molecule has 1 N–H and O–H groups in total. The first-order valence-electron chi connectivity index (χ1n) is 5.54. The lowest BCUT2D eigenvalue weighted by atomic mass is 10.1. The molecule has 0 aliphatic heterocycles. The fraction of sp³-hybridized carbons (Fsp3) is 0.231. The van der Waals surface area contributed by atoms with E-state index in [9.17, 15) is 4.79 Å². The van der Waals surface area contributed by atoms with Gasteiger partial charge >= 0.3 is 0 Å². The summed E-state index contributed by atoms with van der Waals surface area (Å²) in [7, 11) is 0. The molecule has 4 heteroatoms. The van der Waals surface area contributed by atoms with E-state index in [2.05, 4.69) is 18.0 Å². The van der Waals surface area contributed by atoms with Crippen LogP contribution < -0.4 is 5.56 Å². The third kappa shape index (κ3) is 2.22. The summed E-state index contributed by atoms with van der Waals surface area (Å²) in [6, 6.07) is 7.64. The topological polar surface area (TPSA) is 37.8 Å². The molecule has 0 aliphatic carbocycles. The van der Waals surface area contributed by atoms with E-state index in [0.717, 1.165) is 17.7 Å². The second-order valence-corrected chi connectivity index (χ2v) is 4.30. The van der Waals surface area contributed by atoms with Crippen molar-refractivity contribution in [2.24, 2.45) is 0 Å². The van der Waals surface area contributed by atoms with E-state index >= 15 is 0 Å². The van der Waals surface area contributed by atoms with Gasteiger partial charge in [-0.05, 0) is 36.7 Å². The van der Waals surface area contributed by atoms with Crippen LogP contribution in [0.2, 0.25) is 0 Å². The number of rotatable bonds is 2. The minimum Gasteiger partial charge on any atom is -0.299 e. The highest BCUT2D eigenvalue weighted by Gasteiger charge is 2.06. The minimum atomic E-state index is -0.169. The van der Waals surface area contributed by atoms with Crippen molar-refractivity contribution in [3.8, 4) is 5.69 Å². The first-order chi connectivity index (χ1) is 8.13. The number of hydrogen-bond donors (Lipinski definition) is 1. The maximum atomic E-state index is 11.2. The van der Waals surface area contributed by atoms with Gasteiger partial charge in [-0.3, -0.25) is 14.3 Å². The van der Waals surface area contributed by atoms with E-state index < -0.39 is 0 Å². The zero-order chi connectivity index (χ0) is 12.4. The van der Waals surface area contributed by atoms with E-state index in [-0.39, 0.29) is 5.56 Å². The molecule has 0 saturated heterocycles. The van der Waals surface area contributed by atoms with Gasteiger partial charge in [-0.1, -0.05) is 25.1 Å². The highest BCUT2D eigenvalue weighted by atomic mass is 32.1. The molecular formula is C13H14N2OS. The van der Waals surface area contributed by atoms with Crippen molar-refractivity contribution in [2.75, 3.05) is 0 Å². The third-order valence-corrected chi connectivity index (χ3v) is 3.07. The molecule has 0 bridgehead atoms. The number of aromatic nitrogens is 2. The maximum absolute atomic E-state index is 11.2. The Morgan fingerprint density at radius 2 is 2.12 bits per heavy atom. The van der Waals surface area contributed by atoms with Crippen LogP contribution in [-0.4, -0.2) is 9.55 Å². The fourth-order valence-corrected chi connectivity index (χ4v) is 2.20. The zero-order valence-electron chi connectivity index (χ0n) is 9.86. The van der Waals surface area contributed by atoms with E-state index in [1.807, 2.05) is 23.6 Å². The molecule has 0 amide bonds. The lowest BCUT2D eigenvalue weighted by Crippen LogP contribution is -2.12. The molecule has 0 saturated carbocycles. The van der Waals surface area contributed by atoms with Crippen LogP contribution in [-0.2, 0) is 6.42 Å². The monoisotopic (exact) mass is 246 g/mol. The van der Waals surface area contributed by atoms with Crippen molar-refractivity contribution in [1.82, 2.24) is 9.55 Å². The van der Waals surface area contributed by atoms with Gasteiger partial charge in [-0.25, -0.2) is 0 Å². The fourth-order valence-electron chi connectivity index (χ4n) is 1.94. The summed E-state index contributed by atoms with van der Waals surface area (Å²) in [6.07, 6.45) is 2.65. The lowest BCUT2D eigenvalue weighted by Gasteiger charge is -2.14. The Morgan fingerprint density at radius 3 is 2.76 bits per heavy atom. The summed E-state index contributed by atoms with van der Waals surface area (Å²) < 4.78 is 2.28. The smallest absolute Gasteiger partial charge is 0.251 e. The summed E-state index contributed by atoms with van der Waals surface area (Å²) in [4.78, 5) is 13.8. The van der Waals surface area contributed by atoms with Crippen molar-refractivity contribution < 1.29 is 0 Å². The van der Waals surface area contributed by atoms with Crippen molar-refractivity contribution in [3.05, 3.63) is 56.7 Å². The summed E-state index contributed by atoms with van der Waals surface area (Å²) in [5.41, 5.74) is 3.26. The Labute approximate surface area is 105 Å². The Kier molecular flexibility index (Phi) is 3.24. The number of aromatic amines is 1. The molecule has 3 nitrogen and oxygen atoms in total.